The first-order valence-electron chi connectivity index (χ1n) is 19.2. The first-order valence-corrected chi connectivity index (χ1v) is 23.0. The molecule has 5 atom stereocenters. The molecule has 10 nitrogen and oxygen atoms in total. The summed E-state index contributed by atoms with van der Waals surface area (Å²) in [5, 5.41) is 12.6. The summed E-state index contributed by atoms with van der Waals surface area (Å²) in [4.78, 5) is 18.1. The average Bonchev–Trinajstić information content (AvgIpc) is 3.12. The molecule has 1 saturated carbocycles. The molecular formula is C39H56ClN3O7S2. The van der Waals surface area contributed by atoms with E-state index in [2.05, 4.69) is 14.5 Å². The number of nitrogens with one attached hydrogen (secondary N) is 1. The van der Waals surface area contributed by atoms with E-state index in [0.29, 0.717) is 75.7 Å². The van der Waals surface area contributed by atoms with Crippen molar-refractivity contribution in [2.75, 3.05) is 49.1 Å². The first kappa shape index (κ1) is 39.3. The summed E-state index contributed by atoms with van der Waals surface area (Å²) in [6.07, 6.45) is 8.21. The lowest BCUT2D eigenvalue weighted by Gasteiger charge is -2.51. The van der Waals surface area contributed by atoms with Gasteiger partial charge in [0.1, 0.15) is 22.2 Å². The second-order valence-electron chi connectivity index (χ2n) is 15.9. The van der Waals surface area contributed by atoms with Gasteiger partial charge in [0.2, 0.25) is 10.0 Å². The van der Waals surface area contributed by atoms with Crippen LogP contribution in [0.25, 0.3) is 0 Å². The molecule has 2 N–H and O–H groups in total. The molecule has 13 heteroatoms. The molecule has 4 aliphatic rings. The number of rotatable bonds is 2. The minimum atomic E-state index is -3.99. The SMILES string of the molecule is CC1[C@@H](C)CCCC(O)(CN2CCCCS(=O)(=O)CCC2)[C@@H]2CC[C@H]2CN2CCCCc3cc(Cl)ccc3COc3ccc(cc32)C(=O)NS1(=O)=O. The van der Waals surface area contributed by atoms with E-state index in [1.807, 2.05) is 25.1 Å². The van der Waals surface area contributed by atoms with Crippen molar-refractivity contribution in [2.24, 2.45) is 17.8 Å². The van der Waals surface area contributed by atoms with Crippen LogP contribution in [-0.2, 0) is 32.9 Å². The minimum absolute atomic E-state index is 0.0219. The fourth-order valence-electron chi connectivity index (χ4n) is 8.72. The third kappa shape index (κ3) is 9.46. The average molecular weight is 778 g/mol. The zero-order chi connectivity index (χ0) is 37.1. The molecule has 0 spiro atoms. The number of anilines is 1. The largest absolute Gasteiger partial charge is 0.487 e. The number of aryl methyl sites for hydroxylation is 1. The second kappa shape index (κ2) is 16.6. The number of hydrogen-bond acceptors (Lipinski definition) is 9. The zero-order valence-electron chi connectivity index (χ0n) is 30.7. The van der Waals surface area contributed by atoms with Crippen molar-refractivity contribution >= 4 is 43.1 Å². The van der Waals surface area contributed by atoms with Gasteiger partial charge in [0.15, 0.2) is 0 Å². The lowest BCUT2D eigenvalue weighted by molar-refractivity contribution is -0.106. The van der Waals surface area contributed by atoms with E-state index >= 15 is 0 Å². The molecule has 6 rings (SSSR count). The summed E-state index contributed by atoms with van der Waals surface area (Å²) in [6, 6.07) is 11.0. The number of aliphatic hydroxyl groups is 1. The molecule has 2 bridgehead atoms. The van der Waals surface area contributed by atoms with Crippen molar-refractivity contribution in [3.63, 3.8) is 0 Å². The Kier molecular flexibility index (Phi) is 12.5. The van der Waals surface area contributed by atoms with E-state index < -0.39 is 36.6 Å². The number of fused-ring (bicyclic) bond motifs is 3. The highest BCUT2D eigenvalue weighted by Crippen LogP contribution is 2.46. The van der Waals surface area contributed by atoms with Crippen molar-refractivity contribution in [2.45, 2.75) is 102 Å². The number of sulfone groups is 1. The Labute approximate surface area is 315 Å². The number of amides is 1. The van der Waals surface area contributed by atoms with Gasteiger partial charge < -0.3 is 19.6 Å². The Morgan fingerprint density at radius 2 is 1.67 bits per heavy atom. The van der Waals surface area contributed by atoms with Gasteiger partial charge in [-0.05, 0) is 143 Å². The van der Waals surface area contributed by atoms with Gasteiger partial charge >= 0.3 is 0 Å². The fraction of sp³-hybridized carbons (Fsp3) is 0.667. The lowest BCUT2D eigenvalue weighted by atomic mass is 9.62. The van der Waals surface area contributed by atoms with E-state index in [1.54, 1.807) is 25.1 Å². The minimum Gasteiger partial charge on any atom is -0.487 e. The highest BCUT2D eigenvalue weighted by Gasteiger charge is 2.48. The molecule has 1 saturated heterocycles. The smallest absolute Gasteiger partial charge is 0.264 e. The Morgan fingerprint density at radius 1 is 0.904 bits per heavy atom. The maximum Gasteiger partial charge on any atom is 0.264 e. The molecule has 3 heterocycles. The van der Waals surface area contributed by atoms with Crippen molar-refractivity contribution in [3.8, 4) is 5.75 Å². The Bertz CT molecular complexity index is 1810. The molecule has 2 aromatic rings. The standard InChI is InChI=1S/C39H56ClN3O7S2/c1-28-9-7-17-39(45,27-42-18-5-6-21-51(46,47)22-8-19-42)35-15-12-32(35)25-43-20-4-3-10-30-23-34(40)14-11-33(30)26-50-37-16-13-31(24-36(37)43)38(44)41-52(48,49)29(28)2/h11,13-14,16,23-24,28-29,32,35,45H,3-10,12,15,17-22,25-27H2,1-2H3,(H,41,44)/t28-,29?,32-,35+,39?/m0/s1. The van der Waals surface area contributed by atoms with Gasteiger partial charge in [-0.15, -0.1) is 0 Å². The number of nitrogens with zero attached hydrogens (tertiary/aromatic N) is 2. The third-order valence-electron chi connectivity index (χ3n) is 12.2. The number of carbonyl (C=O) groups excluding carboxylic acids is 1. The van der Waals surface area contributed by atoms with Crippen molar-refractivity contribution in [1.29, 1.82) is 0 Å². The maximum atomic E-state index is 13.6. The van der Waals surface area contributed by atoms with Crippen molar-refractivity contribution in [3.05, 3.63) is 58.1 Å². The monoisotopic (exact) mass is 777 g/mol. The van der Waals surface area contributed by atoms with Gasteiger partial charge in [-0.3, -0.25) is 4.79 Å². The van der Waals surface area contributed by atoms with Gasteiger partial charge in [-0.25, -0.2) is 21.6 Å². The molecule has 288 valence electrons. The van der Waals surface area contributed by atoms with E-state index in [4.69, 9.17) is 16.3 Å². The highest BCUT2D eigenvalue weighted by molar-refractivity contribution is 7.91. The van der Waals surface area contributed by atoms with Gasteiger partial charge in [0, 0.05) is 30.2 Å². The summed E-state index contributed by atoms with van der Waals surface area (Å²) in [7, 11) is -7.05. The first-order chi connectivity index (χ1) is 24.7. The molecule has 2 fully saturated rings. The molecular weight excluding hydrogens is 722 g/mol. The number of hydrogen-bond donors (Lipinski definition) is 2. The number of halogens is 1. The van der Waals surface area contributed by atoms with Crippen LogP contribution >= 0.6 is 11.6 Å². The van der Waals surface area contributed by atoms with Crippen LogP contribution in [-0.4, -0.2) is 87.8 Å². The molecule has 2 unspecified atom stereocenters. The number of ether oxygens (including phenoxy) is 1. The van der Waals surface area contributed by atoms with Crippen molar-refractivity contribution in [1.82, 2.24) is 9.62 Å². The predicted octanol–water partition coefficient (Wildman–Crippen LogP) is 5.99. The van der Waals surface area contributed by atoms with Crippen LogP contribution < -0.4 is 14.4 Å². The summed E-state index contributed by atoms with van der Waals surface area (Å²) in [6.45, 7) is 7.06. The van der Waals surface area contributed by atoms with Crippen LogP contribution in [0.3, 0.4) is 0 Å². The van der Waals surface area contributed by atoms with Crippen LogP contribution in [0.2, 0.25) is 5.02 Å². The molecule has 0 radical (unpaired) electrons. The van der Waals surface area contributed by atoms with Gasteiger partial charge in [0.25, 0.3) is 5.91 Å². The third-order valence-corrected chi connectivity index (χ3v) is 16.2. The fourth-order valence-corrected chi connectivity index (χ4v) is 11.6. The molecule has 1 amide bonds. The van der Waals surface area contributed by atoms with Crippen LogP contribution in [0.1, 0.15) is 99.5 Å². The van der Waals surface area contributed by atoms with E-state index in [1.165, 1.54) is 0 Å². The Morgan fingerprint density at radius 3 is 2.46 bits per heavy atom. The normalized spacial score (nSPS) is 30.7. The van der Waals surface area contributed by atoms with Crippen LogP contribution in [0.4, 0.5) is 5.69 Å². The maximum absolute atomic E-state index is 13.6. The number of sulfonamides is 1. The van der Waals surface area contributed by atoms with Gasteiger partial charge in [-0.1, -0.05) is 31.0 Å². The Hall–Kier alpha value is -2.38. The zero-order valence-corrected chi connectivity index (χ0v) is 33.1. The number of β-amino-alcohol motifs (C(OH)–C–C–N with tert-alkyl or cyclic N) is 1. The molecule has 3 aliphatic heterocycles. The number of benzene rings is 2. The summed E-state index contributed by atoms with van der Waals surface area (Å²) < 4.78 is 60.8. The molecule has 52 heavy (non-hydrogen) atoms. The highest BCUT2D eigenvalue weighted by atomic mass is 35.5. The molecule has 2 aromatic carbocycles. The number of carbonyl (C=O) groups is 1. The lowest BCUT2D eigenvalue weighted by Crippen LogP contribution is -2.56. The summed E-state index contributed by atoms with van der Waals surface area (Å²) in [5.74, 6) is 0.318. The quantitative estimate of drug-likeness (QED) is 0.378. The summed E-state index contributed by atoms with van der Waals surface area (Å²) >= 11 is 6.37. The predicted molar refractivity (Wildman–Crippen MR) is 206 cm³/mol. The van der Waals surface area contributed by atoms with Crippen LogP contribution in [0, 0.1) is 17.8 Å². The van der Waals surface area contributed by atoms with Crippen LogP contribution in [0.15, 0.2) is 36.4 Å². The molecule has 1 aliphatic carbocycles. The van der Waals surface area contributed by atoms with Gasteiger partial charge in [-0.2, -0.15) is 0 Å². The topological polar surface area (TPSA) is 133 Å². The van der Waals surface area contributed by atoms with E-state index in [-0.39, 0.29) is 34.8 Å². The Balaban J connectivity index is 1.35. The van der Waals surface area contributed by atoms with Crippen LogP contribution in [0.5, 0.6) is 5.75 Å². The van der Waals surface area contributed by atoms with Crippen molar-refractivity contribution < 1.29 is 31.5 Å². The van der Waals surface area contributed by atoms with E-state index in [9.17, 15) is 26.7 Å². The molecule has 0 aromatic heterocycles. The second-order valence-corrected chi connectivity index (χ2v) is 20.7. The van der Waals surface area contributed by atoms with E-state index in [0.717, 1.165) is 61.9 Å². The summed E-state index contributed by atoms with van der Waals surface area (Å²) in [5.41, 5.74) is 2.18. The van der Waals surface area contributed by atoms with Gasteiger partial charge in [0.05, 0.1) is 28.0 Å².